The normalized spacial score (nSPS) is 11.5. The average molecular weight is 484 g/mol. The summed E-state index contributed by atoms with van der Waals surface area (Å²) in [6.07, 6.45) is -3.12. The maximum Gasteiger partial charge on any atom is 0.416 e. The first-order valence-corrected chi connectivity index (χ1v) is 10.2. The lowest BCUT2D eigenvalue weighted by molar-refractivity contribution is -0.385. The number of alkyl halides is 3. The van der Waals surface area contributed by atoms with Gasteiger partial charge in [0, 0.05) is 6.07 Å². The lowest BCUT2D eigenvalue weighted by Crippen LogP contribution is -2.06. The van der Waals surface area contributed by atoms with Crippen LogP contribution in [-0.4, -0.2) is 18.6 Å². The molecule has 0 saturated carbocycles. The molecule has 0 saturated heterocycles. The van der Waals surface area contributed by atoms with Gasteiger partial charge in [0.25, 0.3) is 0 Å². The molecule has 10 heteroatoms. The van der Waals surface area contributed by atoms with Crippen molar-refractivity contribution in [1.29, 1.82) is 5.26 Å². The van der Waals surface area contributed by atoms with Crippen LogP contribution < -0.4 is 14.2 Å². The van der Waals surface area contributed by atoms with Crippen molar-refractivity contribution in [1.82, 2.24) is 0 Å². The van der Waals surface area contributed by atoms with E-state index in [2.05, 4.69) is 6.07 Å². The Morgan fingerprint density at radius 2 is 1.74 bits per heavy atom. The van der Waals surface area contributed by atoms with Crippen LogP contribution in [0.2, 0.25) is 0 Å². The maximum absolute atomic E-state index is 13.0. The van der Waals surface area contributed by atoms with Gasteiger partial charge in [-0.3, -0.25) is 10.1 Å². The summed E-state index contributed by atoms with van der Waals surface area (Å²) in [4.78, 5) is 10.4. The second-order valence-electron chi connectivity index (χ2n) is 7.08. The Kier molecular flexibility index (Phi) is 7.61. The van der Waals surface area contributed by atoms with E-state index in [-0.39, 0.29) is 23.9 Å². The zero-order valence-corrected chi connectivity index (χ0v) is 18.6. The molecule has 0 fully saturated rings. The van der Waals surface area contributed by atoms with Gasteiger partial charge in [-0.05, 0) is 72.7 Å². The number of hydrogen-bond donors (Lipinski definition) is 0. The van der Waals surface area contributed by atoms with Crippen molar-refractivity contribution in [3.05, 3.63) is 87.5 Å². The third-order valence-corrected chi connectivity index (χ3v) is 4.80. The molecule has 0 N–H and O–H groups in total. The van der Waals surface area contributed by atoms with Crippen molar-refractivity contribution in [2.45, 2.75) is 13.1 Å². The van der Waals surface area contributed by atoms with E-state index < -0.39 is 22.4 Å². The predicted octanol–water partition coefficient (Wildman–Crippen LogP) is 6.88. The minimum absolute atomic E-state index is 0.0646. The van der Waals surface area contributed by atoms with Crippen LogP contribution in [0.15, 0.2) is 60.7 Å². The zero-order valence-electron chi connectivity index (χ0n) is 18.6. The van der Waals surface area contributed by atoms with Crippen LogP contribution in [0.25, 0.3) is 11.6 Å². The van der Waals surface area contributed by atoms with Crippen molar-refractivity contribution >= 4 is 17.3 Å². The van der Waals surface area contributed by atoms with E-state index in [1.165, 1.54) is 13.2 Å². The van der Waals surface area contributed by atoms with Gasteiger partial charge in [0.05, 0.1) is 35.8 Å². The Morgan fingerprint density at radius 1 is 1.06 bits per heavy atom. The molecule has 0 amide bonds. The molecule has 7 nitrogen and oxygen atoms in total. The summed E-state index contributed by atoms with van der Waals surface area (Å²) < 4.78 is 55.2. The Morgan fingerprint density at radius 3 is 2.31 bits per heavy atom. The number of nitriles is 1. The van der Waals surface area contributed by atoms with Crippen LogP contribution in [0.4, 0.5) is 18.9 Å². The molecule has 0 aromatic heterocycles. The maximum atomic E-state index is 13.0. The molecule has 0 aliphatic heterocycles. The smallest absolute Gasteiger partial charge is 0.416 e. The minimum Gasteiger partial charge on any atom is -0.497 e. The van der Waals surface area contributed by atoms with E-state index in [1.54, 1.807) is 49.4 Å². The van der Waals surface area contributed by atoms with Crippen LogP contribution in [0.1, 0.15) is 23.6 Å². The molecule has 3 aromatic carbocycles. The summed E-state index contributed by atoms with van der Waals surface area (Å²) in [6, 6.07) is 15.7. The van der Waals surface area contributed by atoms with Crippen LogP contribution in [-0.2, 0) is 6.18 Å². The van der Waals surface area contributed by atoms with E-state index in [9.17, 15) is 28.5 Å². The summed E-state index contributed by atoms with van der Waals surface area (Å²) in [5, 5.41) is 21.0. The molecular formula is C25H19F3N2O5. The molecular weight excluding hydrogens is 465 g/mol. The van der Waals surface area contributed by atoms with Gasteiger partial charge in [-0.25, -0.2) is 0 Å². The fourth-order valence-corrected chi connectivity index (χ4v) is 3.13. The number of nitro groups is 1. The molecule has 0 spiro atoms. The molecule has 180 valence electrons. The van der Waals surface area contributed by atoms with Gasteiger partial charge < -0.3 is 14.2 Å². The average Bonchev–Trinajstić information content (AvgIpc) is 2.83. The van der Waals surface area contributed by atoms with Gasteiger partial charge in [-0.15, -0.1) is 0 Å². The van der Waals surface area contributed by atoms with Gasteiger partial charge in [-0.2, -0.15) is 18.4 Å². The van der Waals surface area contributed by atoms with E-state index in [0.29, 0.717) is 34.6 Å². The fourth-order valence-electron chi connectivity index (χ4n) is 3.13. The number of allylic oxidation sites excluding steroid dienone is 1. The highest BCUT2D eigenvalue weighted by atomic mass is 19.4. The Balaban J connectivity index is 1.97. The van der Waals surface area contributed by atoms with Crippen molar-refractivity contribution in [2.24, 2.45) is 0 Å². The van der Waals surface area contributed by atoms with E-state index >= 15 is 0 Å². The molecule has 35 heavy (non-hydrogen) atoms. The van der Waals surface area contributed by atoms with Gasteiger partial charge in [0.1, 0.15) is 5.75 Å². The second-order valence-corrected chi connectivity index (χ2v) is 7.08. The second kappa shape index (κ2) is 10.6. The number of rotatable bonds is 8. The Bertz CT molecular complexity index is 1300. The predicted molar refractivity (Wildman–Crippen MR) is 122 cm³/mol. The van der Waals surface area contributed by atoms with E-state index in [1.807, 2.05) is 0 Å². The molecule has 0 unspecified atom stereocenters. The third kappa shape index (κ3) is 6.09. The zero-order chi connectivity index (χ0) is 25.6. The molecule has 0 aliphatic carbocycles. The highest BCUT2D eigenvalue weighted by Gasteiger charge is 2.33. The largest absolute Gasteiger partial charge is 0.497 e. The van der Waals surface area contributed by atoms with Crippen LogP contribution in [0.3, 0.4) is 0 Å². The summed E-state index contributed by atoms with van der Waals surface area (Å²) in [7, 11) is 1.54. The van der Waals surface area contributed by atoms with Crippen molar-refractivity contribution < 1.29 is 32.3 Å². The molecule has 0 radical (unpaired) electrons. The first kappa shape index (κ1) is 25.1. The molecule has 0 heterocycles. The van der Waals surface area contributed by atoms with Crippen molar-refractivity contribution in [2.75, 3.05) is 13.7 Å². The summed E-state index contributed by atoms with van der Waals surface area (Å²) in [6.45, 7) is 1.94. The first-order chi connectivity index (χ1) is 16.7. The number of ether oxygens (including phenoxy) is 3. The Hall–Kier alpha value is -4.52. The van der Waals surface area contributed by atoms with Gasteiger partial charge in [0.2, 0.25) is 5.75 Å². The molecule has 0 atom stereocenters. The molecule has 3 rings (SSSR count). The number of benzene rings is 3. The minimum atomic E-state index is -4.74. The van der Waals surface area contributed by atoms with Crippen LogP contribution >= 0.6 is 0 Å². The molecule has 3 aromatic rings. The summed E-state index contributed by atoms with van der Waals surface area (Å²) in [5.74, 6) is 0.531. The first-order valence-electron chi connectivity index (χ1n) is 10.2. The quantitative estimate of drug-likeness (QED) is 0.150. The lowest BCUT2D eigenvalue weighted by Gasteiger charge is -2.14. The Labute approximate surface area is 198 Å². The lowest BCUT2D eigenvalue weighted by atomic mass is 10.0. The van der Waals surface area contributed by atoms with E-state index in [0.717, 1.165) is 6.07 Å². The monoisotopic (exact) mass is 484 g/mol. The highest BCUT2D eigenvalue weighted by Crippen LogP contribution is 2.40. The van der Waals surface area contributed by atoms with Gasteiger partial charge in [0.15, 0.2) is 11.5 Å². The number of halogens is 3. The van der Waals surface area contributed by atoms with Gasteiger partial charge >= 0.3 is 11.9 Å². The number of hydrogen-bond acceptors (Lipinski definition) is 6. The van der Waals surface area contributed by atoms with Crippen LogP contribution in [0.5, 0.6) is 23.0 Å². The number of nitrogens with zero attached hydrogens (tertiary/aromatic N) is 2. The van der Waals surface area contributed by atoms with E-state index in [4.69, 9.17) is 14.2 Å². The van der Waals surface area contributed by atoms with Crippen LogP contribution in [0, 0.1) is 21.4 Å². The van der Waals surface area contributed by atoms with Crippen molar-refractivity contribution in [3.8, 4) is 29.1 Å². The van der Waals surface area contributed by atoms with Gasteiger partial charge in [-0.1, -0.05) is 6.07 Å². The topological polar surface area (TPSA) is 94.6 Å². The summed E-state index contributed by atoms with van der Waals surface area (Å²) in [5.41, 5.74) is -0.397. The number of methoxy groups -OCH3 is 1. The third-order valence-electron chi connectivity index (χ3n) is 4.80. The van der Waals surface area contributed by atoms with Crippen molar-refractivity contribution in [3.63, 3.8) is 0 Å². The standard InChI is InChI=1S/C25H19F3N2O5/c1-3-34-24-13-16(12-18(15-29)17-5-8-20(33-2)9-6-17)4-10-23(24)35-22-11-7-19(25(26,27)28)14-21(22)30(31)32/h4-14H,3H2,1-2H3/b18-12+. The fraction of sp³-hybridized carbons (Fsp3) is 0.160. The number of nitro benzene ring substituents is 1. The SMILES string of the molecule is CCOc1cc(/C=C(\C#N)c2ccc(OC)cc2)ccc1Oc1ccc(C(F)(F)F)cc1[N+](=O)[O-]. The molecule has 0 aliphatic rings. The highest BCUT2D eigenvalue weighted by molar-refractivity contribution is 5.90. The summed E-state index contributed by atoms with van der Waals surface area (Å²) >= 11 is 0. The molecule has 0 bridgehead atoms.